The van der Waals surface area contributed by atoms with E-state index in [1.54, 1.807) is 0 Å². The monoisotopic (exact) mass is 274 g/mol. The maximum atomic E-state index is 11.6. The van der Waals surface area contributed by atoms with Gasteiger partial charge in [-0.1, -0.05) is 24.3 Å². The molecule has 18 heavy (non-hydrogen) atoms. The molecule has 0 radical (unpaired) electrons. The van der Waals surface area contributed by atoms with Crippen molar-refractivity contribution in [1.82, 2.24) is 5.32 Å². The molecule has 0 aliphatic heterocycles. The van der Waals surface area contributed by atoms with E-state index in [0.717, 1.165) is 11.1 Å². The molecular formula is C12H19ClN2O3. The highest BCUT2D eigenvalue weighted by Crippen LogP contribution is 2.05. The van der Waals surface area contributed by atoms with Gasteiger partial charge in [0.15, 0.2) is 0 Å². The summed E-state index contributed by atoms with van der Waals surface area (Å²) in [6.45, 7) is 0.539. The molecular weight excluding hydrogens is 256 g/mol. The average molecular weight is 275 g/mol. The number of rotatable bonds is 6. The number of carbonyl (C=O) groups excluding carboxylic acids is 1. The summed E-state index contributed by atoms with van der Waals surface area (Å²) in [5, 5.41) is 11.7. The first-order chi connectivity index (χ1) is 8.21. The van der Waals surface area contributed by atoms with Crippen molar-refractivity contribution in [2.45, 2.75) is 19.3 Å². The predicted molar refractivity (Wildman–Crippen MR) is 71.3 cm³/mol. The van der Waals surface area contributed by atoms with Gasteiger partial charge in [0.1, 0.15) is 6.10 Å². The van der Waals surface area contributed by atoms with Crippen LogP contribution in [0.2, 0.25) is 0 Å². The Hall–Kier alpha value is -1.14. The minimum atomic E-state index is -0.615. The van der Waals surface area contributed by atoms with Gasteiger partial charge in [-0.05, 0) is 11.1 Å². The number of amides is 1. The van der Waals surface area contributed by atoms with Crippen LogP contribution in [-0.2, 0) is 22.7 Å². The number of aliphatic hydroxyl groups excluding tert-OH is 1. The Labute approximate surface area is 113 Å². The van der Waals surface area contributed by atoms with E-state index in [2.05, 4.69) is 5.32 Å². The molecule has 5 nitrogen and oxygen atoms in total. The van der Waals surface area contributed by atoms with Crippen molar-refractivity contribution in [3.05, 3.63) is 35.4 Å². The lowest BCUT2D eigenvalue weighted by Gasteiger charge is -2.13. The van der Waals surface area contributed by atoms with E-state index < -0.39 is 6.10 Å². The second-order valence-electron chi connectivity index (χ2n) is 3.66. The lowest BCUT2D eigenvalue weighted by atomic mass is 10.1. The van der Waals surface area contributed by atoms with Gasteiger partial charge in [0.25, 0.3) is 5.91 Å². The molecule has 0 fully saturated rings. The summed E-state index contributed by atoms with van der Waals surface area (Å²) in [4.78, 5) is 11.6. The number of carbonyl (C=O) groups is 1. The summed E-state index contributed by atoms with van der Waals surface area (Å²) in [6.07, 6.45) is -0.615. The molecule has 0 saturated heterocycles. The van der Waals surface area contributed by atoms with Crippen LogP contribution in [0.25, 0.3) is 0 Å². The number of aliphatic hydroxyl groups is 1. The maximum absolute atomic E-state index is 11.6. The van der Waals surface area contributed by atoms with Gasteiger partial charge >= 0.3 is 0 Å². The zero-order chi connectivity index (χ0) is 12.7. The smallest absolute Gasteiger partial charge is 0.250 e. The maximum Gasteiger partial charge on any atom is 0.250 e. The molecule has 1 atom stereocenters. The predicted octanol–water partition coefficient (Wildman–Crippen LogP) is 0.191. The number of nitrogens with one attached hydrogen (secondary N) is 1. The van der Waals surface area contributed by atoms with Gasteiger partial charge < -0.3 is 20.9 Å². The highest BCUT2D eigenvalue weighted by atomic mass is 35.5. The van der Waals surface area contributed by atoms with Gasteiger partial charge in [-0.15, -0.1) is 12.4 Å². The highest BCUT2D eigenvalue weighted by Gasteiger charge is 2.14. The Kier molecular flexibility index (Phi) is 8.32. The van der Waals surface area contributed by atoms with Crippen molar-refractivity contribution in [3.63, 3.8) is 0 Å². The van der Waals surface area contributed by atoms with Crippen LogP contribution in [0.4, 0.5) is 0 Å². The van der Waals surface area contributed by atoms with E-state index in [1.165, 1.54) is 7.11 Å². The summed E-state index contributed by atoms with van der Waals surface area (Å²) >= 11 is 0. The van der Waals surface area contributed by atoms with E-state index in [4.69, 9.17) is 15.6 Å². The third-order valence-corrected chi connectivity index (χ3v) is 2.43. The summed E-state index contributed by atoms with van der Waals surface area (Å²) in [5.41, 5.74) is 7.13. The summed E-state index contributed by atoms with van der Waals surface area (Å²) in [7, 11) is 1.45. The van der Waals surface area contributed by atoms with E-state index in [9.17, 15) is 4.79 Å². The van der Waals surface area contributed by atoms with Crippen LogP contribution >= 0.6 is 12.4 Å². The minimum absolute atomic E-state index is 0. The molecule has 0 aliphatic carbocycles. The van der Waals surface area contributed by atoms with Gasteiger partial charge in [0, 0.05) is 20.2 Å². The topological polar surface area (TPSA) is 84.6 Å². The number of nitrogens with two attached hydrogens (primary N) is 1. The fraction of sp³-hybridized carbons (Fsp3) is 0.417. The van der Waals surface area contributed by atoms with Crippen molar-refractivity contribution < 1.29 is 14.6 Å². The van der Waals surface area contributed by atoms with E-state index in [0.29, 0.717) is 6.54 Å². The molecule has 0 saturated carbocycles. The zero-order valence-electron chi connectivity index (χ0n) is 10.3. The Bertz CT molecular complexity index is 370. The first-order valence-electron chi connectivity index (χ1n) is 5.40. The van der Waals surface area contributed by atoms with Gasteiger partial charge in [-0.3, -0.25) is 4.79 Å². The molecule has 102 valence electrons. The fourth-order valence-corrected chi connectivity index (χ4v) is 1.45. The van der Waals surface area contributed by atoms with E-state index in [-0.39, 0.29) is 31.5 Å². The third kappa shape index (κ3) is 5.01. The second-order valence-corrected chi connectivity index (χ2v) is 3.66. The van der Waals surface area contributed by atoms with Crippen LogP contribution < -0.4 is 11.1 Å². The summed E-state index contributed by atoms with van der Waals surface area (Å²) in [6, 6.07) is 7.38. The molecule has 1 aromatic carbocycles. The van der Waals surface area contributed by atoms with Crippen LogP contribution in [-0.4, -0.2) is 30.8 Å². The Morgan fingerprint density at radius 3 is 2.72 bits per heavy atom. The SMILES string of the molecule is COC(CN)C(=O)NCc1cccc(CO)c1.Cl. The van der Waals surface area contributed by atoms with Crippen molar-refractivity contribution in [3.8, 4) is 0 Å². The molecule has 1 unspecified atom stereocenters. The minimum Gasteiger partial charge on any atom is -0.392 e. The normalized spacial score (nSPS) is 11.5. The van der Waals surface area contributed by atoms with Crippen LogP contribution in [0.15, 0.2) is 24.3 Å². The van der Waals surface area contributed by atoms with Gasteiger partial charge in [-0.2, -0.15) is 0 Å². The van der Waals surface area contributed by atoms with Crippen molar-refractivity contribution in [2.24, 2.45) is 5.73 Å². The van der Waals surface area contributed by atoms with Crippen molar-refractivity contribution in [1.29, 1.82) is 0 Å². The lowest BCUT2D eigenvalue weighted by molar-refractivity contribution is -0.130. The molecule has 0 bridgehead atoms. The highest BCUT2D eigenvalue weighted by molar-refractivity contribution is 5.85. The standard InChI is InChI=1S/C12H18N2O3.ClH/c1-17-11(6-13)12(16)14-7-9-3-2-4-10(5-9)8-15;/h2-5,11,15H,6-8,13H2,1H3,(H,14,16);1H. The molecule has 0 heterocycles. The van der Waals surface area contributed by atoms with Crippen LogP contribution in [0.5, 0.6) is 0 Å². The number of halogens is 1. The van der Waals surface area contributed by atoms with Crippen LogP contribution in [0, 0.1) is 0 Å². The number of hydrogen-bond donors (Lipinski definition) is 3. The summed E-state index contributed by atoms with van der Waals surface area (Å²) in [5.74, 6) is -0.232. The summed E-state index contributed by atoms with van der Waals surface area (Å²) < 4.78 is 4.92. The van der Waals surface area contributed by atoms with Crippen LogP contribution in [0.3, 0.4) is 0 Å². The molecule has 1 rings (SSSR count). The second kappa shape index (κ2) is 8.88. The van der Waals surface area contributed by atoms with Gasteiger partial charge in [0.05, 0.1) is 6.61 Å². The Morgan fingerprint density at radius 2 is 2.17 bits per heavy atom. The average Bonchev–Trinajstić information content (AvgIpc) is 2.38. The molecule has 0 aromatic heterocycles. The fourth-order valence-electron chi connectivity index (χ4n) is 1.45. The molecule has 0 spiro atoms. The third-order valence-electron chi connectivity index (χ3n) is 2.43. The largest absolute Gasteiger partial charge is 0.392 e. The molecule has 0 aliphatic rings. The number of methoxy groups -OCH3 is 1. The van der Waals surface area contributed by atoms with E-state index in [1.807, 2.05) is 24.3 Å². The first kappa shape index (κ1) is 16.9. The Balaban J connectivity index is 0.00000289. The number of ether oxygens (including phenoxy) is 1. The van der Waals surface area contributed by atoms with Crippen LogP contribution in [0.1, 0.15) is 11.1 Å². The number of hydrogen-bond acceptors (Lipinski definition) is 4. The first-order valence-corrected chi connectivity index (χ1v) is 5.40. The molecule has 4 N–H and O–H groups in total. The lowest BCUT2D eigenvalue weighted by Crippen LogP contribution is -2.40. The molecule has 6 heteroatoms. The Morgan fingerprint density at radius 1 is 1.50 bits per heavy atom. The molecule has 1 amide bonds. The number of benzene rings is 1. The van der Waals surface area contributed by atoms with Crippen molar-refractivity contribution >= 4 is 18.3 Å². The quantitative estimate of drug-likeness (QED) is 0.691. The molecule has 1 aromatic rings. The van der Waals surface area contributed by atoms with Gasteiger partial charge in [0.2, 0.25) is 0 Å². The van der Waals surface area contributed by atoms with Gasteiger partial charge in [-0.25, -0.2) is 0 Å². The zero-order valence-corrected chi connectivity index (χ0v) is 11.1. The van der Waals surface area contributed by atoms with E-state index >= 15 is 0 Å². The van der Waals surface area contributed by atoms with Crippen molar-refractivity contribution in [2.75, 3.05) is 13.7 Å².